The standard InChI is InChI=1S/C29H21Cl2N3O3S/c1-16-3-8-21(17(2)13-16)28-33-24-15-19(5-10-26(24)37-28)32-29(38)34-27(35)12-7-20-6-11-25(36-20)22-9-4-18(30)14-23(22)31/h3-15H,1-2H3,(H2,32,34,35,38)/b12-7+. The molecule has 38 heavy (non-hydrogen) atoms. The molecule has 0 spiro atoms. The molecule has 5 aromatic rings. The molecule has 2 N–H and O–H groups in total. The Morgan fingerprint density at radius 3 is 2.55 bits per heavy atom. The molecule has 2 heterocycles. The van der Waals surface area contributed by atoms with Gasteiger partial charge in [0.25, 0.3) is 0 Å². The fraction of sp³-hybridized carbons (Fsp3) is 0.0690. The number of oxazole rings is 1. The van der Waals surface area contributed by atoms with Gasteiger partial charge in [-0.2, -0.15) is 0 Å². The Morgan fingerprint density at radius 1 is 0.947 bits per heavy atom. The zero-order valence-electron chi connectivity index (χ0n) is 20.3. The number of carbonyl (C=O) groups excluding carboxylic acids is 1. The Kier molecular flexibility index (Phi) is 7.33. The van der Waals surface area contributed by atoms with Crippen LogP contribution in [0, 0.1) is 13.8 Å². The Balaban J connectivity index is 1.21. The Labute approximate surface area is 234 Å². The summed E-state index contributed by atoms with van der Waals surface area (Å²) in [6.45, 7) is 4.07. The number of carbonyl (C=O) groups is 1. The van der Waals surface area contributed by atoms with Crippen LogP contribution in [0.25, 0.3) is 40.0 Å². The summed E-state index contributed by atoms with van der Waals surface area (Å²) in [6.07, 6.45) is 2.87. The van der Waals surface area contributed by atoms with Gasteiger partial charge in [-0.25, -0.2) is 4.98 Å². The van der Waals surface area contributed by atoms with Crippen LogP contribution >= 0.6 is 35.4 Å². The number of amides is 1. The number of benzene rings is 3. The third-order valence-electron chi connectivity index (χ3n) is 5.72. The van der Waals surface area contributed by atoms with Gasteiger partial charge >= 0.3 is 0 Å². The van der Waals surface area contributed by atoms with Crippen molar-refractivity contribution in [1.29, 1.82) is 0 Å². The summed E-state index contributed by atoms with van der Waals surface area (Å²) in [5.74, 6) is 1.18. The van der Waals surface area contributed by atoms with E-state index in [2.05, 4.69) is 21.7 Å². The van der Waals surface area contributed by atoms with E-state index in [9.17, 15) is 4.79 Å². The monoisotopic (exact) mass is 561 g/mol. The molecular weight excluding hydrogens is 541 g/mol. The number of hydrogen-bond donors (Lipinski definition) is 2. The average molecular weight is 562 g/mol. The number of halogens is 2. The van der Waals surface area contributed by atoms with Crippen LogP contribution < -0.4 is 10.6 Å². The summed E-state index contributed by atoms with van der Waals surface area (Å²) in [5, 5.41) is 6.77. The number of nitrogens with one attached hydrogen (secondary N) is 2. The smallest absolute Gasteiger partial charge is 0.250 e. The van der Waals surface area contributed by atoms with E-state index in [1.165, 1.54) is 11.6 Å². The average Bonchev–Trinajstić information content (AvgIpc) is 3.49. The third-order valence-corrected chi connectivity index (χ3v) is 6.47. The summed E-state index contributed by atoms with van der Waals surface area (Å²) in [7, 11) is 0. The van der Waals surface area contributed by atoms with Gasteiger partial charge in [0.1, 0.15) is 17.0 Å². The second kappa shape index (κ2) is 10.8. The molecule has 0 saturated carbocycles. The van der Waals surface area contributed by atoms with Gasteiger partial charge in [-0.1, -0.05) is 40.9 Å². The lowest BCUT2D eigenvalue weighted by atomic mass is 10.1. The van der Waals surface area contributed by atoms with Crippen molar-refractivity contribution in [2.45, 2.75) is 13.8 Å². The van der Waals surface area contributed by atoms with Crippen LogP contribution in [0.2, 0.25) is 10.0 Å². The SMILES string of the molecule is Cc1ccc(-c2nc3cc(NC(=S)NC(=O)/C=C/c4ccc(-c5ccc(Cl)cc5Cl)o4)ccc3o2)c(C)c1. The number of aryl methyl sites for hydroxylation is 2. The molecule has 0 aliphatic heterocycles. The highest BCUT2D eigenvalue weighted by molar-refractivity contribution is 7.80. The van der Waals surface area contributed by atoms with Gasteiger partial charge in [0.2, 0.25) is 11.8 Å². The van der Waals surface area contributed by atoms with Crippen molar-refractivity contribution in [3.63, 3.8) is 0 Å². The number of thiocarbonyl (C=S) groups is 1. The van der Waals surface area contributed by atoms with E-state index in [-0.39, 0.29) is 5.11 Å². The first kappa shape index (κ1) is 25.7. The zero-order chi connectivity index (χ0) is 26.8. The van der Waals surface area contributed by atoms with E-state index in [0.717, 1.165) is 11.1 Å². The molecule has 0 fully saturated rings. The van der Waals surface area contributed by atoms with Crippen LogP contribution in [-0.2, 0) is 4.79 Å². The number of fused-ring (bicyclic) bond motifs is 1. The molecule has 3 aromatic carbocycles. The molecule has 6 nitrogen and oxygen atoms in total. The molecule has 0 atom stereocenters. The van der Waals surface area contributed by atoms with Crippen molar-refractivity contribution >= 4 is 69.3 Å². The third kappa shape index (κ3) is 5.81. The van der Waals surface area contributed by atoms with E-state index in [1.54, 1.807) is 42.5 Å². The lowest BCUT2D eigenvalue weighted by molar-refractivity contribution is -0.115. The van der Waals surface area contributed by atoms with Crippen LogP contribution in [0.3, 0.4) is 0 Å². The topological polar surface area (TPSA) is 80.3 Å². The maximum absolute atomic E-state index is 12.4. The second-order valence-corrected chi connectivity index (χ2v) is 9.87. The second-order valence-electron chi connectivity index (χ2n) is 8.62. The minimum atomic E-state index is -0.412. The van der Waals surface area contributed by atoms with Gasteiger partial charge in [-0.3, -0.25) is 10.1 Å². The molecule has 0 unspecified atom stereocenters. The van der Waals surface area contributed by atoms with Crippen LogP contribution in [-0.4, -0.2) is 16.0 Å². The molecule has 0 aliphatic rings. The molecule has 0 saturated heterocycles. The molecule has 190 valence electrons. The van der Waals surface area contributed by atoms with Crippen LogP contribution in [0.15, 0.2) is 81.6 Å². The first-order chi connectivity index (χ1) is 18.2. The summed E-state index contributed by atoms with van der Waals surface area (Å²) >= 11 is 17.5. The highest BCUT2D eigenvalue weighted by Gasteiger charge is 2.12. The summed E-state index contributed by atoms with van der Waals surface area (Å²) in [5.41, 5.74) is 5.91. The Morgan fingerprint density at radius 2 is 1.76 bits per heavy atom. The van der Waals surface area contributed by atoms with E-state index in [1.807, 2.05) is 38.1 Å². The Bertz CT molecular complexity index is 1720. The maximum atomic E-state index is 12.4. The van der Waals surface area contributed by atoms with Crippen molar-refractivity contribution in [2.75, 3.05) is 5.32 Å². The first-order valence-electron chi connectivity index (χ1n) is 11.6. The molecule has 0 radical (unpaired) electrons. The largest absolute Gasteiger partial charge is 0.457 e. The molecule has 5 rings (SSSR count). The number of furan rings is 1. The van der Waals surface area contributed by atoms with E-state index >= 15 is 0 Å². The minimum absolute atomic E-state index is 0.144. The summed E-state index contributed by atoms with van der Waals surface area (Å²) in [6, 6.07) is 20.2. The zero-order valence-corrected chi connectivity index (χ0v) is 22.7. The van der Waals surface area contributed by atoms with Crippen molar-refractivity contribution in [3.8, 4) is 22.8 Å². The predicted octanol–water partition coefficient (Wildman–Crippen LogP) is 8.20. The van der Waals surface area contributed by atoms with Gasteiger partial charge in [-0.15, -0.1) is 0 Å². The molecular formula is C29H21Cl2N3O3S. The van der Waals surface area contributed by atoms with Crippen molar-refractivity contribution < 1.29 is 13.6 Å². The van der Waals surface area contributed by atoms with Gasteiger partial charge < -0.3 is 14.2 Å². The van der Waals surface area contributed by atoms with Gasteiger partial charge in [0.05, 0.1) is 5.02 Å². The highest BCUT2D eigenvalue weighted by Crippen LogP contribution is 2.32. The van der Waals surface area contributed by atoms with Crippen molar-refractivity contribution in [2.24, 2.45) is 0 Å². The maximum Gasteiger partial charge on any atom is 0.250 e. The lowest BCUT2D eigenvalue weighted by Gasteiger charge is -2.07. The Hall–Kier alpha value is -3.91. The van der Waals surface area contributed by atoms with Crippen molar-refractivity contribution in [3.05, 3.63) is 99.7 Å². The molecule has 2 aromatic heterocycles. The number of hydrogen-bond acceptors (Lipinski definition) is 5. The first-order valence-corrected chi connectivity index (χ1v) is 12.7. The molecule has 1 amide bonds. The molecule has 9 heteroatoms. The predicted molar refractivity (Wildman–Crippen MR) is 156 cm³/mol. The highest BCUT2D eigenvalue weighted by atomic mass is 35.5. The number of anilines is 1. The summed E-state index contributed by atoms with van der Waals surface area (Å²) in [4.78, 5) is 17.0. The molecule has 0 aliphatic carbocycles. The quantitative estimate of drug-likeness (QED) is 0.166. The minimum Gasteiger partial charge on any atom is -0.457 e. The van der Waals surface area contributed by atoms with Crippen LogP contribution in [0.1, 0.15) is 16.9 Å². The number of nitrogens with zero attached hydrogens (tertiary/aromatic N) is 1. The number of aromatic nitrogens is 1. The van der Waals surface area contributed by atoms with Gasteiger partial charge in [0, 0.05) is 27.9 Å². The van der Waals surface area contributed by atoms with Crippen LogP contribution in [0.4, 0.5) is 5.69 Å². The number of rotatable bonds is 5. The van der Waals surface area contributed by atoms with Crippen molar-refractivity contribution in [1.82, 2.24) is 10.3 Å². The van der Waals surface area contributed by atoms with Gasteiger partial charge in [-0.05, 0) is 92.3 Å². The van der Waals surface area contributed by atoms with E-state index in [0.29, 0.717) is 49.8 Å². The normalized spacial score (nSPS) is 11.3. The van der Waals surface area contributed by atoms with E-state index < -0.39 is 5.91 Å². The van der Waals surface area contributed by atoms with Gasteiger partial charge in [0.15, 0.2) is 10.7 Å². The lowest BCUT2D eigenvalue weighted by Crippen LogP contribution is -2.32. The van der Waals surface area contributed by atoms with E-state index in [4.69, 9.17) is 44.3 Å². The molecule has 0 bridgehead atoms. The fourth-order valence-electron chi connectivity index (χ4n) is 3.92. The fourth-order valence-corrected chi connectivity index (χ4v) is 4.64. The summed E-state index contributed by atoms with van der Waals surface area (Å²) < 4.78 is 11.7. The van der Waals surface area contributed by atoms with Crippen LogP contribution in [0.5, 0.6) is 0 Å².